The van der Waals surface area contributed by atoms with Crippen molar-refractivity contribution in [3.63, 3.8) is 0 Å². The first-order valence-electron chi connectivity index (χ1n) is 5.70. The van der Waals surface area contributed by atoms with E-state index in [1.165, 1.54) is 12.1 Å². The quantitative estimate of drug-likeness (QED) is 0.879. The molecule has 0 heterocycles. The van der Waals surface area contributed by atoms with Gasteiger partial charge in [-0.25, -0.2) is 4.39 Å². The van der Waals surface area contributed by atoms with Gasteiger partial charge in [-0.2, -0.15) is 0 Å². The van der Waals surface area contributed by atoms with Gasteiger partial charge in [0.1, 0.15) is 5.82 Å². The maximum atomic E-state index is 13.6. The largest absolute Gasteiger partial charge is 0.395 e. The average Bonchev–Trinajstić information content (AvgIpc) is 2.24. The maximum absolute atomic E-state index is 13.6. The molecule has 0 spiro atoms. The van der Waals surface area contributed by atoms with E-state index in [1.807, 2.05) is 25.8 Å². The Morgan fingerprint density at radius 2 is 2.06 bits per heavy atom. The third kappa shape index (κ3) is 3.95. The Morgan fingerprint density at radius 1 is 1.41 bits per heavy atom. The third-order valence-electron chi connectivity index (χ3n) is 2.95. The minimum atomic E-state index is -0.262. The molecule has 96 valence electrons. The van der Waals surface area contributed by atoms with Crippen LogP contribution in [0.2, 0.25) is 5.02 Å². The molecule has 0 bridgehead atoms. The zero-order valence-corrected chi connectivity index (χ0v) is 11.2. The lowest BCUT2D eigenvalue weighted by Gasteiger charge is -2.29. The maximum Gasteiger partial charge on any atom is 0.127 e. The van der Waals surface area contributed by atoms with Gasteiger partial charge in [0, 0.05) is 23.2 Å². The normalized spacial score (nSPS) is 13.4. The summed E-state index contributed by atoms with van der Waals surface area (Å²) in [5.74, 6) is 0.0499. The molecule has 1 unspecified atom stereocenters. The zero-order chi connectivity index (χ0) is 13.0. The van der Waals surface area contributed by atoms with Crippen LogP contribution >= 0.6 is 11.6 Å². The minimum absolute atomic E-state index is 0.0216. The molecule has 1 atom stereocenters. The minimum Gasteiger partial charge on any atom is -0.395 e. The molecule has 1 aromatic carbocycles. The second-order valence-electron chi connectivity index (χ2n) is 4.64. The predicted octanol–water partition coefficient (Wildman–Crippen LogP) is 2.93. The second-order valence-corrected chi connectivity index (χ2v) is 5.08. The molecule has 0 saturated heterocycles. The van der Waals surface area contributed by atoms with Crippen LogP contribution in [0.15, 0.2) is 18.2 Å². The van der Waals surface area contributed by atoms with Crippen LogP contribution in [-0.4, -0.2) is 29.7 Å². The number of aliphatic hydroxyl groups excluding tert-OH is 1. The number of nitrogens with zero attached hydrogens (tertiary/aromatic N) is 1. The van der Waals surface area contributed by atoms with Crippen molar-refractivity contribution in [3.8, 4) is 0 Å². The van der Waals surface area contributed by atoms with Crippen LogP contribution in [0, 0.1) is 11.7 Å². The highest BCUT2D eigenvalue weighted by Gasteiger charge is 2.18. The first kappa shape index (κ1) is 14.4. The molecule has 0 amide bonds. The van der Waals surface area contributed by atoms with Gasteiger partial charge < -0.3 is 5.11 Å². The van der Waals surface area contributed by atoms with Gasteiger partial charge in [0.05, 0.1) is 6.61 Å². The summed E-state index contributed by atoms with van der Waals surface area (Å²) in [7, 11) is 1.88. The van der Waals surface area contributed by atoms with Crippen LogP contribution in [0.5, 0.6) is 0 Å². The third-order valence-corrected chi connectivity index (χ3v) is 3.19. The van der Waals surface area contributed by atoms with Gasteiger partial charge >= 0.3 is 0 Å². The molecule has 0 fully saturated rings. The molecular formula is C13H19ClFNO. The van der Waals surface area contributed by atoms with E-state index in [1.54, 1.807) is 6.07 Å². The van der Waals surface area contributed by atoms with E-state index in [4.69, 9.17) is 11.6 Å². The van der Waals surface area contributed by atoms with E-state index in [0.29, 0.717) is 23.0 Å². The number of likely N-dealkylation sites (N-methyl/N-ethyl adjacent to an activating group) is 1. The van der Waals surface area contributed by atoms with Crippen molar-refractivity contribution < 1.29 is 9.50 Å². The molecule has 0 aromatic heterocycles. The number of benzene rings is 1. The SMILES string of the molecule is CC(C)C(CO)N(C)Cc1cc(Cl)ccc1F. The Balaban J connectivity index is 2.79. The van der Waals surface area contributed by atoms with Crippen LogP contribution in [-0.2, 0) is 6.54 Å². The van der Waals surface area contributed by atoms with Crippen molar-refractivity contribution in [1.29, 1.82) is 0 Å². The monoisotopic (exact) mass is 259 g/mol. The summed E-state index contributed by atoms with van der Waals surface area (Å²) >= 11 is 5.84. The number of hydrogen-bond acceptors (Lipinski definition) is 2. The number of hydrogen-bond donors (Lipinski definition) is 1. The van der Waals surface area contributed by atoms with Crippen molar-refractivity contribution in [1.82, 2.24) is 4.90 Å². The summed E-state index contributed by atoms with van der Waals surface area (Å²) in [6, 6.07) is 4.55. The van der Waals surface area contributed by atoms with Gasteiger partial charge in [-0.15, -0.1) is 0 Å². The molecule has 0 aliphatic heterocycles. The molecule has 0 saturated carbocycles. The first-order valence-corrected chi connectivity index (χ1v) is 6.08. The molecule has 1 N–H and O–H groups in total. The Labute approximate surface area is 107 Å². The van der Waals surface area contributed by atoms with Crippen molar-refractivity contribution in [2.24, 2.45) is 5.92 Å². The van der Waals surface area contributed by atoms with E-state index in [0.717, 1.165) is 0 Å². The van der Waals surface area contributed by atoms with Gasteiger partial charge in [-0.3, -0.25) is 4.90 Å². The van der Waals surface area contributed by atoms with Crippen molar-refractivity contribution in [3.05, 3.63) is 34.6 Å². The molecule has 17 heavy (non-hydrogen) atoms. The van der Waals surface area contributed by atoms with Crippen LogP contribution in [0.25, 0.3) is 0 Å². The summed E-state index contributed by atoms with van der Waals surface area (Å²) in [6.45, 7) is 4.57. The summed E-state index contributed by atoms with van der Waals surface area (Å²) in [5.41, 5.74) is 0.555. The fourth-order valence-corrected chi connectivity index (χ4v) is 2.10. The van der Waals surface area contributed by atoms with E-state index in [9.17, 15) is 9.50 Å². The standard InChI is InChI=1S/C13H19ClFNO/c1-9(2)13(8-17)16(3)7-10-6-11(14)4-5-12(10)15/h4-6,9,13,17H,7-8H2,1-3H3. The lowest BCUT2D eigenvalue weighted by molar-refractivity contribution is 0.107. The van der Waals surface area contributed by atoms with Gasteiger partial charge in [-0.1, -0.05) is 25.4 Å². The summed E-state index contributed by atoms with van der Waals surface area (Å²) in [6.07, 6.45) is 0. The average molecular weight is 260 g/mol. The van der Waals surface area contributed by atoms with Gasteiger partial charge in [0.25, 0.3) is 0 Å². The van der Waals surface area contributed by atoms with E-state index < -0.39 is 0 Å². The molecule has 1 aromatic rings. The summed E-state index contributed by atoms with van der Waals surface area (Å²) < 4.78 is 13.6. The molecule has 1 rings (SSSR count). The Bertz CT molecular complexity index is 370. The van der Waals surface area contributed by atoms with Crippen LogP contribution in [0.1, 0.15) is 19.4 Å². The molecule has 0 aliphatic rings. The molecule has 0 radical (unpaired) electrons. The van der Waals surface area contributed by atoms with Gasteiger partial charge in [0.15, 0.2) is 0 Å². The van der Waals surface area contributed by atoms with E-state index in [-0.39, 0.29) is 18.5 Å². The summed E-state index contributed by atoms with van der Waals surface area (Å²) in [4.78, 5) is 1.94. The Hall–Kier alpha value is -0.640. The van der Waals surface area contributed by atoms with Gasteiger partial charge in [-0.05, 0) is 31.2 Å². The number of halogens is 2. The molecule has 0 aliphatic carbocycles. The van der Waals surface area contributed by atoms with Crippen LogP contribution in [0.3, 0.4) is 0 Å². The molecule has 2 nitrogen and oxygen atoms in total. The lowest BCUT2D eigenvalue weighted by atomic mass is 10.0. The summed E-state index contributed by atoms with van der Waals surface area (Å²) in [5, 5.41) is 9.83. The van der Waals surface area contributed by atoms with Crippen molar-refractivity contribution in [2.45, 2.75) is 26.4 Å². The van der Waals surface area contributed by atoms with Crippen molar-refractivity contribution >= 4 is 11.6 Å². The predicted molar refractivity (Wildman–Crippen MR) is 68.6 cm³/mol. The highest BCUT2D eigenvalue weighted by molar-refractivity contribution is 6.30. The topological polar surface area (TPSA) is 23.5 Å². The Morgan fingerprint density at radius 3 is 2.59 bits per heavy atom. The fourth-order valence-electron chi connectivity index (χ4n) is 1.91. The molecule has 4 heteroatoms. The van der Waals surface area contributed by atoms with E-state index >= 15 is 0 Å². The number of aliphatic hydroxyl groups is 1. The highest BCUT2D eigenvalue weighted by Crippen LogP contribution is 2.18. The highest BCUT2D eigenvalue weighted by atomic mass is 35.5. The lowest BCUT2D eigenvalue weighted by Crippen LogP contribution is -2.38. The Kier molecular flexibility index (Phi) is 5.37. The van der Waals surface area contributed by atoms with Gasteiger partial charge in [0.2, 0.25) is 0 Å². The smallest absolute Gasteiger partial charge is 0.127 e. The second kappa shape index (κ2) is 6.34. The van der Waals surface area contributed by atoms with Crippen LogP contribution in [0.4, 0.5) is 4.39 Å². The zero-order valence-electron chi connectivity index (χ0n) is 10.5. The molecular weight excluding hydrogens is 241 g/mol. The first-order chi connectivity index (χ1) is 7.95. The number of rotatable bonds is 5. The van der Waals surface area contributed by atoms with Crippen molar-refractivity contribution in [2.75, 3.05) is 13.7 Å². The fraction of sp³-hybridized carbons (Fsp3) is 0.538. The van der Waals surface area contributed by atoms with E-state index in [2.05, 4.69) is 0 Å². The van der Waals surface area contributed by atoms with Crippen LogP contribution < -0.4 is 0 Å².